The number of carbonyl (C=O) groups excluding carboxylic acids is 1. The molecule has 7 nitrogen and oxygen atoms in total. The number of ether oxygens (including phenoxy) is 1. The van der Waals surface area contributed by atoms with Gasteiger partial charge in [0.05, 0.1) is 23.1 Å². The van der Waals surface area contributed by atoms with Crippen LogP contribution in [0.3, 0.4) is 0 Å². The van der Waals surface area contributed by atoms with Crippen LogP contribution in [0.4, 0.5) is 4.39 Å². The topological polar surface area (TPSA) is 69.4 Å². The molecule has 0 bridgehead atoms. The van der Waals surface area contributed by atoms with Gasteiger partial charge in [0.25, 0.3) is 5.56 Å². The van der Waals surface area contributed by atoms with E-state index >= 15 is 0 Å². The van der Waals surface area contributed by atoms with E-state index in [1.54, 1.807) is 29.8 Å². The average Bonchev–Trinajstić information content (AvgIpc) is 3.02. The minimum atomic E-state index is -0.407. The van der Waals surface area contributed by atoms with Gasteiger partial charge in [-0.05, 0) is 42.3 Å². The SMILES string of the molecule is CC.CC(=O)N1CCc2c(n(C)c3cc(-n4ccc(OCc5ccc(F)cn5)cc4=O)ccc23)CC1. The molecule has 1 aliphatic heterocycles. The molecule has 0 atom stereocenters. The lowest BCUT2D eigenvalue weighted by molar-refractivity contribution is -0.128. The summed E-state index contributed by atoms with van der Waals surface area (Å²) < 4.78 is 22.4. The summed E-state index contributed by atoms with van der Waals surface area (Å²) in [4.78, 5) is 30.5. The fourth-order valence-corrected chi connectivity index (χ4v) is 4.63. The van der Waals surface area contributed by atoms with Crippen molar-refractivity contribution in [2.24, 2.45) is 7.05 Å². The van der Waals surface area contributed by atoms with Crippen LogP contribution in [0.1, 0.15) is 37.7 Å². The number of nitrogens with zero attached hydrogens (tertiary/aromatic N) is 4. The first-order valence-corrected chi connectivity index (χ1v) is 12.2. The molecular weight excluding hydrogens is 459 g/mol. The van der Waals surface area contributed by atoms with E-state index in [0.717, 1.165) is 42.2 Å². The second-order valence-electron chi connectivity index (χ2n) is 8.52. The summed E-state index contributed by atoms with van der Waals surface area (Å²) in [6.45, 7) is 7.20. The first-order valence-electron chi connectivity index (χ1n) is 12.2. The molecule has 1 amide bonds. The molecule has 0 saturated heterocycles. The second-order valence-corrected chi connectivity index (χ2v) is 8.52. The van der Waals surface area contributed by atoms with E-state index in [9.17, 15) is 14.0 Å². The molecule has 5 rings (SSSR count). The molecule has 36 heavy (non-hydrogen) atoms. The number of aromatic nitrogens is 3. The van der Waals surface area contributed by atoms with Crippen molar-refractivity contribution >= 4 is 16.8 Å². The predicted molar refractivity (Wildman–Crippen MR) is 138 cm³/mol. The van der Waals surface area contributed by atoms with Crippen molar-refractivity contribution in [3.05, 3.63) is 88.0 Å². The Hall–Kier alpha value is -3.94. The van der Waals surface area contributed by atoms with Crippen LogP contribution >= 0.6 is 0 Å². The Balaban J connectivity index is 0.00000148. The molecule has 1 aliphatic rings. The molecule has 0 unspecified atom stereocenters. The number of amides is 1. The number of aryl methyl sites for hydroxylation is 1. The van der Waals surface area contributed by atoms with Crippen molar-refractivity contribution in [1.29, 1.82) is 0 Å². The molecule has 0 aliphatic carbocycles. The highest BCUT2D eigenvalue weighted by Gasteiger charge is 2.22. The Morgan fingerprint density at radius 2 is 1.86 bits per heavy atom. The fraction of sp³-hybridized carbons (Fsp3) is 0.321. The summed E-state index contributed by atoms with van der Waals surface area (Å²) in [5.74, 6) is 0.130. The van der Waals surface area contributed by atoms with E-state index in [1.807, 2.05) is 37.9 Å². The highest BCUT2D eigenvalue weighted by atomic mass is 19.1. The Morgan fingerprint density at radius 1 is 1.08 bits per heavy atom. The van der Waals surface area contributed by atoms with Gasteiger partial charge in [0, 0.05) is 56.8 Å². The number of rotatable bonds is 4. The van der Waals surface area contributed by atoms with E-state index in [1.165, 1.54) is 23.4 Å². The first-order chi connectivity index (χ1) is 17.4. The zero-order valence-corrected chi connectivity index (χ0v) is 21.1. The zero-order chi connectivity index (χ0) is 25.8. The highest BCUT2D eigenvalue weighted by Crippen LogP contribution is 2.30. The van der Waals surface area contributed by atoms with Gasteiger partial charge >= 0.3 is 0 Å². The molecular formula is C28H31FN4O3. The van der Waals surface area contributed by atoms with Gasteiger partial charge in [-0.3, -0.25) is 19.1 Å². The van der Waals surface area contributed by atoms with E-state index in [4.69, 9.17) is 4.74 Å². The molecule has 4 aromatic rings. The van der Waals surface area contributed by atoms with Gasteiger partial charge in [-0.1, -0.05) is 19.9 Å². The lowest BCUT2D eigenvalue weighted by atomic mass is 10.1. The van der Waals surface area contributed by atoms with E-state index in [2.05, 4.69) is 15.6 Å². The van der Waals surface area contributed by atoms with Gasteiger partial charge < -0.3 is 14.2 Å². The summed E-state index contributed by atoms with van der Waals surface area (Å²) in [5.41, 5.74) is 4.71. The highest BCUT2D eigenvalue weighted by molar-refractivity contribution is 5.87. The summed E-state index contributed by atoms with van der Waals surface area (Å²) in [5, 5.41) is 1.16. The van der Waals surface area contributed by atoms with E-state index in [0.29, 0.717) is 18.0 Å². The minimum Gasteiger partial charge on any atom is -0.487 e. The van der Waals surface area contributed by atoms with Crippen molar-refractivity contribution in [2.45, 2.75) is 40.2 Å². The van der Waals surface area contributed by atoms with Crippen LogP contribution in [-0.4, -0.2) is 38.0 Å². The van der Waals surface area contributed by atoms with E-state index in [-0.39, 0.29) is 18.1 Å². The Labute approximate surface area is 209 Å². The number of halogens is 1. The summed E-state index contributed by atoms with van der Waals surface area (Å²) in [6, 6.07) is 12.1. The minimum absolute atomic E-state index is 0.111. The second kappa shape index (κ2) is 10.8. The molecule has 0 radical (unpaired) electrons. The third-order valence-corrected chi connectivity index (χ3v) is 6.46. The lowest BCUT2D eigenvalue weighted by Gasteiger charge is -2.18. The summed E-state index contributed by atoms with van der Waals surface area (Å²) >= 11 is 0. The molecule has 4 heterocycles. The van der Waals surface area contributed by atoms with Gasteiger partial charge in [0.15, 0.2) is 0 Å². The fourth-order valence-electron chi connectivity index (χ4n) is 4.63. The van der Waals surface area contributed by atoms with Crippen molar-refractivity contribution in [3.8, 4) is 11.4 Å². The maximum absolute atomic E-state index is 13.0. The number of benzene rings is 1. The van der Waals surface area contributed by atoms with Crippen molar-refractivity contribution in [3.63, 3.8) is 0 Å². The van der Waals surface area contributed by atoms with Crippen LogP contribution in [0.25, 0.3) is 16.6 Å². The van der Waals surface area contributed by atoms with Gasteiger partial charge in [-0.2, -0.15) is 0 Å². The molecule has 0 saturated carbocycles. The molecule has 3 aromatic heterocycles. The zero-order valence-electron chi connectivity index (χ0n) is 21.1. The van der Waals surface area contributed by atoms with Crippen molar-refractivity contribution in [1.82, 2.24) is 19.0 Å². The standard InChI is InChI=1S/C26H25FN4O3.C2H6/c1-17(32)30-10-8-23-22-6-5-20(13-25(22)29(2)24(23)9-11-30)31-12-7-21(14-26(31)33)34-16-19-4-3-18(27)15-28-19;1-2/h3-7,12-15H,8-11,16H2,1-2H3;1-2H3. The van der Waals surface area contributed by atoms with Crippen LogP contribution < -0.4 is 10.3 Å². The third kappa shape index (κ3) is 5.03. The maximum Gasteiger partial charge on any atom is 0.258 e. The van der Waals surface area contributed by atoms with Crippen LogP contribution in [0, 0.1) is 5.82 Å². The molecule has 0 spiro atoms. The summed E-state index contributed by atoms with van der Waals surface area (Å²) in [6.07, 6.45) is 4.45. The largest absolute Gasteiger partial charge is 0.487 e. The van der Waals surface area contributed by atoms with Crippen LogP contribution in [0.15, 0.2) is 59.7 Å². The van der Waals surface area contributed by atoms with Gasteiger partial charge in [0.1, 0.15) is 18.2 Å². The Morgan fingerprint density at radius 3 is 2.56 bits per heavy atom. The van der Waals surface area contributed by atoms with Gasteiger partial charge in [-0.25, -0.2) is 4.39 Å². The number of carbonyl (C=O) groups is 1. The molecule has 188 valence electrons. The van der Waals surface area contributed by atoms with Crippen molar-refractivity contribution in [2.75, 3.05) is 13.1 Å². The number of hydrogen-bond donors (Lipinski definition) is 0. The first kappa shape index (κ1) is 25.2. The number of hydrogen-bond acceptors (Lipinski definition) is 4. The maximum atomic E-state index is 13.0. The van der Waals surface area contributed by atoms with Crippen LogP contribution in [0.5, 0.6) is 5.75 Å². The molecule has 0 N–H and O–H groups in total. The van der Waals surface area contributed by atoms with Crippen molar-refractivity contribution < 1.29 is 13.9 Å². The average molecular weight is 491 g/mol. The smallest absolute Gasteiger partial charge is 0.258 e. The van der Waals surface area contributed by atoms with Crippen LogP contribution in [0.2, 0.25) is 0 Å². The molecule has 8 heteroatoms. The quantitative estimate of drug-likeness (QED) is 0.425. The van der Waals surface area contributed by atoms with Crippen LogP contribution in [-0.2, 0) is 31.3 Å². The van der Waals surface area contributed by atoms with Gasteiger partial charge in [-0.15, -0.1) is 0 Å². The monoisotopic (exact) mass is 490 g/mol. The Bertz CT molecular complexity index is 1440. The normalized spacial score (nSPS) is 13.0. The Kier molecular flexibility index (Phi) is 7.52. The third-order valence-electron chi connectivity index (χ3n) is 6.46. The molecule has 1 aromatic carbocycles. The number of fused-ring (bicyclic) bond motifs is 3. The lowest BCUT2D eigenvalue weighted by Crippen LogP contribution is -2.31. The van der Waals surface area contributed by atoms with E-state index < -0.39 is 5.82 Å². The molecule has 0 fully saturated rings. The summed E-state index contributed by atoms with van der Waals surface area (Å²) in [7, 11) is 2.04. The predicted octanol–water partition coefficient (Wildman–Crippen LogP) is 4.42. The van der Waals surface area contributed by atoms with Gasteiger partial charge in [0.2, 0.25) is 5.91 Å². The number of pyridine rings is 2.